The van der Waals surface area contributed by atoms with E-state index in [-0.39, 0.29) is 11.2 Å². The molecule has 2 heterocycles. The molecule has 0 unspecified atom stereocenters. The van der Waals surface area contributed by atoms with Crippen LogP contribution in [-0.2, 0) is 13.0 Å². The summed E-state index contributed by atoms with van der Waals surface area (Å²) >= 11 is 15.8. The van der Waals surface area contributed by atoms with Crippen LogP contribution in [0, 0.1) is 6.92 Å². The van der Waals surface area contributed by atoms with E-state index in [0.717, 1.165) is 34.3 Å². The van der Waals surface area contributed by atoms with E-state index in [0.29, 0.717) is 45.8 Å². The molecular formula is C26H20BrCl2NO4. The second kappa shape index (κ2) is 9.62. The SMILES string of the molecule is Cc1oc2c3c(ccc2c(=O)c1Oc1ccccc1Br)OCN(CCc1ccc(Cl)cc1Cl)C3. The van der Waals surface area contributed by atoms with Crippen LogP contribution in [-0.4, -0.2) is 18.2 Å². The van der Waals surface area contributed by atoms with Gasteiger partial charge in [0.15, 0.2) is 0 Å². The van der Waals surface area contributed by atoms with Gasteiger partial charge < -0.3 is 13.9 Å². The Labute approximate surface area is 214 Å². The van der Waals surface area contributed by atoms with Gasteiger partial charge in [-0.25, -0.2) is 0 Å². The van der Waals surface area contributed by atoms with Gasteiger partial charge in [0.1, 0.15) is 29.6 Å². The lowest BCUT2D eigenvalue weighted by molar-refractivity contribution is 0.0968. The molecular weight excluding hydrogens is 541 g/mol. The van der Waals surface area contributed by atoms with Crippen LogP contribution in [0.15, 0.2) is 68.3 Å². The molecule has 3 aromatic carbocycles. The Morgan fingerprint density at radius 3 is 2.74 bits per heavy atom. The Morgan fingerprint density at radius 1 is 1.12 bits per heavy atom. The van der Waals surface area contributed by atoms with Gasteiger partial charge in [-0.3, -0.25) is 9.69 Å². The molecule has 5 nitrogen and oxygen atoms in total. The summed E-state index contributed by atoms with van der Waals surface area (Å²) in [5, 5.41) is 1.72. The molecule has 0 saturated carbocycles. The Morgan fingerprint density at radius 2 is 1.94 bits per heavy atom. The van der Waals surface area contributed by atoms with Crippen molar-refractivity contribution in [2.45, 2.75) is 19.9 Å². The number of rotatable bonds is 5. The van der Waals surface area contributed by atoms with Gasteiger partial charge in [-0.15, -0.1) is 0 Å². The van der Waals surface area contributed by atoms with Gasteiger partial charge in [-0.05, 0) is 71.2 Å². The van der Waals surface area contributed by atoms with Crippen molar-refractivity contribution in [2.24, 2.45) is 0 Å². The van der Waals surface area contributed by atoms with Crippen LogP contribution in [0.5, 0.6) is 17.2 Å². The zero-order valence-corrected chi connectivity index (χ0v) is 21.3. The van der Waals surface area contributed by atoms with Crippen LogP contribution in [0.2, 0.25) is 10.0 Å². The van der Waals surface area contributed by atoms with Crippen LogP contribution in [0.1, 0.15) is 16.9 Å². The number of para-hydroxylation sites is 1. The highest BCUT2D eigenvalue weighted by atomic mass is 79.9. The number of benzene rings is 3. The molecule has 1 aliphatic rings. The van der Waals surface area contributed by atoms with Crippen molar-refractivity contribution < 1.29 is 13.9 Å². The molecule has 0 spiro atoms. The zero-order valence-electron chi connectivity index (χ0n) is 18.2. The Bertz CT molecular complexity index is 1450. The van der Waals surface area contributed by atoms with Crippen LogP contribution >= 0.6 is 39.1 Å². The molecule has 5 rings (SSSR count). The molecule has 0 aliphatic carbocycles. The largest absolute Gasteiger partial charge is 0.478 e. The number of hydrogen-bond donors (Lipinski definition) is 0. The van der Waals surface area contributed by atoms with Gasteiger partial charge in [-0.1, -0.05) is 41.4 Å². The van der Waals surface area contributed by atoms with E-state index < -0.39 is 0 Å². The third-order valence-corrected chi connectivity index (χ3v) is 7.03. The predicted molar refractivity (Wildman–Crippen MR) is 138 cm³/mol. The van der Waals surface area contributed by atoms with Crippen molar-refractivity contribution in [3.8, 4) is 17.2 Å². The number of fused-ring (bicyclic) bond motifs is 3. The van der Waals surface area contributed by atoms with Crippen LogP contribution < -0.4 is 14.9 Å². The number of hydrogen-bond acceptors (Lipinski definition) is 5. The lowest BCUT2D eigenvalue weighted by Gasteiger charge is -2.29. The molecule has 174 valence electrons. The standard InChI is InChI=1S/C26H20BrCl2NO4/c1-15-25(34-23-5-3-2-4-20(23)27)24(31)18-8-9-22-19(26(18)33-15)13-30(14-32-22)11-10-16-6-7-17(28)12-21(16)29/h2-9,12H,10-11,13-14H2,1H3. The molecule has 0 N–H and O–H groups in total. The smallest absolute Gasteiger partial charge is 0.235 e. The van der Waals surface area contributed by atoms with Crippen molar-refractivity contribution in [3.05, 3.63) is 96.2 Å². The quantitative estimate of drug-likeness (QED) is 0.255. The zero-order chi connectivity index (χ0) is 23.8. The highest BCUT2D eigenvalue weighted by Gasteiger charge is 2.24. The molecule has 0 atom stereocenters. The van der Waals surface area contributed by atoms with E-state index in [1.54, 1.807) is 25.1 Å². The maximum Gasteiger partial charge on any atom is 0.235 e. The summed E-state index contributed by atoms with van der Waals surface area (Å²) in [7, 11) is 0. The first-order chi connectivity index (χ1) is 16.4. The fraction of sp³-hybridized carbons (Fsp3) is 0.192. The van der Waals surface area contributed by atoms with Crippen molar-refractivity contribution >= 4 is 50.1 Å². The molecule has 0 bridgehead atoms. The van der Waals surface area contributed by atoms with Crippen LogP contribution in [0.3, 0.4) is 0 Å². The molecule has 0 saturated heterocycles. The molecule has 1 aromatic heterocycles. The highest BCUT2D eigenvalue weighted by Crippen LogP contribution is 2.35. The van der Waals surface area contributed by atoms with E-state index in [2.05, 4.69) is 20.8 Å². The third kappa shape index (κ3) is 4.56. The molecule has 4 aromatic rings. The van der Waals surface area contributed by atoms with Gasteiger partial charge in [0.2, 0.25) is 11.2 Å². The monoisotopic (exact) mass is 559 g/mol. The topological polar surface area (TPSA) is 51.9 Å². The molecule has 1 aliphatic heterocycles. The first kappa shape index (κ1) is 23.2. The first-order valence-electron chi connectivity index (χ1n) is 10.7. The third-order valence-electron chi connectivity index (χ3n) is 5.79. The van der Waals surface area contributed by atoms with Gasteiger partial charge in [0.05, 0.1) is 15.4 Å². The molecule has 0 fully saturated rings. The van der Waals surface area contributed by atoms with E-state index in [1.165, 1.54) is 0 Å². The first-order valence-corrected chi connectivity index (χ1v) is 12.3. The van der Waals surface area contributed by atoms with Crippen molar-refractivity contribution in [3.63, 3.8) is 0 Å². The minimum absolute atomic E-state index is 0.172. The van der Waals surface area contributed by atoms with E-state index in [9.17, 15) is 4.79 Å². The second-order valence-electron chi connectivity index (χ2n) is 8.08. The number of halogens is 3. The lowest BCUT2D eigenvalue weighted by atomic mass is 10.1. The summed E-state index contributed by atoms with van der Waals surface area (Å²) in [5.74, 6) is 1.85. The summed E-state index contributed by atoms with van der Waals surface area (Å²) in [6.45, 7) is 3.49. The Kier molecular flexibility index (Phi) is 6.58. The number of aryl methyl sites for hydroxylation is 1. The minimum atomic E-state index is -0.220. The van der Waals surface area contributed by atoms with Gasteiger partial charge in [0, 0.05) is 23.1 Å². The highest BCUT2D eigenvalue weighted by molar-refractivity contribution is 9.10. The molecule has 0 radical (unpaired) electrons. The van der Waals surface area contributed by atoms with Gasteiger partial charge >= 0.3 is 0 Å². The summed E-state index contributed by atoms with van der Waals surface area (Å²) in [6.07, 6.45) is 0.742. The number of nitrogens with zero attached hydrogens (tertiary/aromatic N) is 1. The Balaban J connectivity index is 1.44. The normalized spacial score (nSPS) is 13.5. The van der Waals surface area contributed by atoms with E-state index in [1.807, 2.05) is 36.4 Å². The minimum Gasteiger partial charge on any atom is -0.478 e. The Hall–Kier alpha value is -2.51. The van der Waals surface area contributed by atoms with Crippen LogP contribution in [0.25, 0.3) is 11.0 Å². The van der Waals surface area contributed by atoms with Gasteiger partial charge in [0.25, 0.3) is 0 Å². The molecule has 8 heteroatoms. The van der Waals surface area contributed by atoms with Crippen LogP contribution in [0.4, 0.5) is 0 Å². The maximum absolute atomic E-state index is 13.3. The van der Waals surface area contributed by atoms with Crippen molar-refractivity contribution in [2.75, 3.05) is 13.3 Å². The summed E-state index contributed by atoms with van der Waals surface area (Å²) in [6, 6.07) is 16.4. The fourth-order valence-electron chi connectivity index (χ4n) is 4.00. The number of ether oxygens (including phenoxy) is 2. The summed E-state index contributed by atoms with van der Waals surface area (Å²) in [4.78, 5) is 15.5. The second-order valence-corrected chi connectivity index (χ2v) is 9.78. The average molecular weight is 561 g/mol. The van der Waals surface area contributed by atoms with Gasteiger partial charge in [-0.2, -0.15) is 0 Å². The lowest BCUT2D eigenvalue weighted by Crippen LogP contribution is -2.33. The van der Waals surface area contributed by atoms with Crippen molar-refractivity contribution in [1.82, 2.24) is 4.90 Å². The van der Waals surface area contributed by atoms with E-state index >= 15 is 0 Å². The summed E-state index contributed by atoms with van der Waals surface area (Å²) in [5.41, 5.74) is 2.17. The molecule has 34 heavy (non-hydrogen) atoms. The maximum atomic E-state index is 13.3. The van der Waals surface area contributed by atoms with E-state index in [4.69, 9.17) is 37.1 Å². The summed E-state index contributed by atoms with van der Waals surface area (Å²) < 4.78 is 18.8. The fourth-order valence-corrected chi connectivity index (χ4v) is 4.87. The molecule has 0 amide bonds. The predicted octanol–water partition coefficient (Wildman–Crippen LogP) is 7.36. The van der Waals surface area contributed by atoms with Crippen molar-refractivity contribution in [1.29, 1.82) is 0 Å². The average Bonchev–Trinajstić information content (AvgIpc) is 2.82.